The number of carbonyl (C=O) groups is 3. The number of nitrogens with zero attached hydrogens (tertiary/aromatic N) is 2. The van der Waals surface area contributed by atoms with E-state index in [2.05, 4.69) is 0 Å². The molecule has 1 atom stereocenters. The van der Waals surface area contributed by atoms with E-state index in [4.69, 9.17) is 25.8 Å². The molecule has 0 saturated carbocycles. The summed E-state index contributed by atoms with van der Waals surface area (Å²) in [5, 5.41) is 10.6. The van der Waals surface area contributed by atoms with Crippen molar-refractivity contribution in [3.63, 3.8) is 0 Å². The number of nitro groups is 1. The number of amides is 2. The zero-order valence-corrected chi connectivity index (χ0v) is 21.3. The summed E-state index contributed by atoms with van der Waals surface area (Å²) in [6.45, 7) is 5.26. The average molecular weight is 535 g/mol. The fourth-order valence-corrected chi connectivity index (χ4v) is 4.50. The molecule has 0 aliphatic carbocycles. The van der Waals surface area contributed by atoms with E-state index in [1.807, 2.05) is 0 Å². The molecule has 1 aliphatic rings. The monoisotopic (exact) mass is 534 g/mol. The predicted molar refractivity (Wildman–Crippen MR) is 134 cm³/mol. The highest BCUT2D eigenvalue weighted by molar-refractivity contribution is 8.18. The van der Waals surface area contributed by atoms with Crippen LogP contribution in [0.15, 0.2) is 41.3 Å². The number of hydrogen-bond acceptors (Lipinski definition) is 9. The number of carbonyl (C=O) groups excluding carboxylic acids is 3. The molecule has 36 heavy (non-hydrogen) atoms. The van der Waals surface area contributed by atoms with Crippen molar-refractivity contribution in [3.8, 4) is 11.5 Å². The van der Waals surface area contributed by atoms with Crippen LogP contribution in [-0.4, -0.2) is 46.2 Å². The Bertz CT molecular complexity index is 1230. The number of thioether (sulfide) groups is 1. The van der Waals surface area contributed by atoms with E-state index in [1.54, 1.807) is 32.0 Å². The minimum atomic E-state index is -1.06. The molecular weight excluding hydrogens is 512 g/mol. The summed E-state index contributed by atoms with van der Waals surface area (Å²) in [7, 11) is 0. The molecule has 0 spiro atoms. The number of non-ortho nitro benzene ring substituents is 1. The number of ether oxygens (including phenoxy) is 3. The Morgan fingerprint density at radius 3 is 2.61 bits per heavy atom. The lowest BCUT2D eigenvalue weighted by Gasteiger charge is -2.19. The lowest BCUT2D eigenvalue weighted by Crippen LogP contribution is -2.42. The Morgan fingerprint density at radius 1 is 1.19 bits per heavy atom. The molecule has 0 unspecified atom stereocenters. The van der Waals surface area contributed by atoms with Crippen LogP contribution in [0.25, 0.3) is 6.08 Å². The highest BCUT2D eigenvalue weighted by Crippen LogP contribution is 2.40. The summed E-state index contributed by atoms with van der Waals surface area (Å²) in [4.78, 5) is 48.8. The Labute approximate surface area is 216 Å². The number of nitro benzene ring substituents is 1. The molecule has 2 aromatic carbocycles. The second kappa shape index (κ2) is 11.9. The molecule has 2 aromatic rings. The van der Waals surface area contributed by atoms with Gasteiger partial charge in [-0.05, 0) is 61.9 Å². The first-order valence-corrected chi connectivity index (χ1v) is 12.1. The van der Waals surface area contributed by atoms with E-state index >= 15 is 0 Å². The van der Waals surface area contributed by atoms with Gasteiger partial charge in [0.15, 0.2) is 11.5 Å². The van der Waals surface area contributed by atoms with E-state index < -0.39 is 28.1 Å². The van der Waals surface area contributed by atoms with E-state index in [-0.39, 0.29) is 34.6 Å². The zero-order valence-electron chi connectivity index (χ0n) is 19.7. The van der Waals surface area contributed by atoms with Crippen LogP contribution in [0.3, 0.4) is 0 Å². The Kier molecular flexibility index (Phi) is 8.94. The van der Waals surface area contributed by atoms with Crippen molar-refractivity contribution >= 4 is 52.2 Å². The molecule has 0 N–H and O–H groups in total. The van der Waals surface area contributed by atoms with Gasteiger partial charge in [-0.2, -0.15) is 0 Å². The average Bonchev–Trinajstić information content (AvgIpc) is 3.11. The minimum absolute atomic E-state index is 0.00541. The number of imide groups is 1. The number of halogens is 1. The Hall–Kier alpha value is -3.57. The smallest absolute Gasteiger partial charge is 0.329 e. The van der Waals surface area contributed by atoms with Crippen molar-refractivity contribution in [2.75, 3.05) is 13.2 Å². The van der Waals surface area contributed by atoms with Crippen molar-refractivity contribution < 1.29 is 33.5 Å². The van der Waals surface area contributed by atoms with Crippen molar-refractivity contribution in [1.29, 1.82) is 0 Å². The summed E-state index contributed by atoms with van der Waals surface area (Å²) >= 11 is 7.15. The lowest BCUT2D eigenvalue weighted by molar-refractivity contribution is -0.384. The SMILES string of the molecule is CCOC(=O)[C@@H](C)N1C(=O)S/C(=C/c2cc(Cl)c(OCc3cccc([N+](=O)[O-])c3)c(OCC)c2)C1=O. The Balaban J connectivity index is 1.85. The third kappa shape index (κ3) is 6.16. The maximum absolute atomic E-state index is 12.8. The first kappa shape index (κ1) is 27.0. The molecule has 2 amide bonds. The summed E-state index contributed by atoms with van der Waals surface area (Å²) in [6, 6.07) is 8.10. The number of rotatable bonds is 10. The van der Waals surface area contributed by atoms with E-state index in [9.17, 15) is 24.5 Å². The van der Waals surface area contributed by atoms with Gasteiger partial charge in [-0.25, -0.2) is 4.79 Å². The van der Waals surface area contributed by atoms with Crippen LogP contribution in [0.5, 0.6) is 11.5 Å². The van der Waals surface area contributed by atoms with E-state index in [0.29, 0.717) is 35.2 Å². The second-order valence-electron chi connectivity index (χ2n) is 7.46. The molecule has 0 bridgehead atoms. The van der Waals surface area contributed by atoms with Crippen LogP contribution in [0.2, 0.25) is 5.02 Å². The molecule has 12 heteroatoms. The lowest BCUT2D eigenvalue weighted by atomic mass is 10.1. The van der Waals surface area contributed by atoms with Gasteiger partial charge in [0, 0.05) is 12.1 Å². The summed E-state index contributed by atoms with van der Waals surface area (Å²) in [5.41, 5.74) is 0.977. The van der Waals surface area contributed by atoms with Gasteiger partial charge in [-0.1, -0.05) is 23.7 Å². The van der Waals surface area contributed by atoms with Crippen molar-refractivity contribution in [3.05, 3.63) is 67.6 Å². The highest BCUT2D eigenvalue weighted by Gasteiger charge is 2.41. The quantitative estimate of drug-likeness (QED) is 0.175. The van der Waals surface area contributed by atoms with E-state index in [1.165, 1.54) is 31.2 Å². The standard InChI is InChI=1S/C24H23ClN2O8S/c1-4-33-19-11-16(12-20-22(28)26(24(30)36-20)14(3)23(29)34-5-2)10-18(25)21(19)35-13-15-7-6-8-17(9-15)27(31)32/h6-12,14H,4-5,13H2,1-3H3/b20-12+/t14-/m1/s1. The fourth-order valence-electron chi connectivity index (χ4n) is 3.32. The Morgan fingerprint density at radius 2 is 1.94 bits per heavy atom. The van der Waals surface area contributed by atoms with Crippen LogP contribution >= 0.6 is 23.4 Å². The zero-order chi connectivity index (χ0) is 26.4. The highest BCUT2D eigenvalue weighted by atomic mass is 35.5. The summed E-state index contributed by atoms with van der Waals surface area (Å²) in [6.07, 6.45) is 1.47. The van der Waals surface area contributed by atoms with Crippen LogP contribution in [0.1, 0.15) is 31.9 Å². The molecule has 1 saturated heterocycles. The van der Waals surface area contributed by atoms with Gasteiger partial charge in [0.1, 0.15) is 12.6 Å². The summed E-state index contributed by atoms with van der Waals surface area (Å²) < 4.78 is 16.4. The van der Waals surface area contributed by atoms with Gasteiger partial charge in [0.05, 0.1) is 28.1 Å². The molecule has 3 rings (SSSR count). The molecule has 1 fully saturated rings. The summed E-state index contributed by atoms with van der Waals surface area (Å²) in [5.74, 6) is -0.773. The fraction of sp³-hybridized carbons (Fsp3) is 0.292. The van der Waals surface area contributed by atoms with E-state index in [0.717, 1.165) is 4.90 Å². The topological polar surface area (TPSA) is 125 Å². The molecule has 190 valence electrons. The van der Waals surface area contributed by atoms with Crippen molar-refractivity contribution in [1.82, 2.24) is 4.90 Å². The predicted octanol–water partition coefficient (Wildman–Crippen LogP) is 5.21. The van der Waals surface area contributed by atoms with Crippen LogP contribution in [0.4, 0.5) is 10.5 Å². The first-order chi connectivity index (χ1) is 17.2. The molecule has 1 aliphatic heterocycles. The van der Waals surface area contributed by atoms with Crippen molar-refractivity contribution in [2.45, 2.75) is 33.4 Å². The molecular formula is C24H23ClN2O8S. The first-order valence-electron chi connectivity index (χ1n) is 10.9. The van der Waals surface area contributed by atoms with Gasteiger partial charge in [-0.15, -0.1) is 0 Å². The molecule has 1 heterocycles. The largest absolute Gasteiger partial charge is 0.490 e. The van der Waals surface area contributed by atoms with Crippen LogP contribution in [0, 0.1) is 10.1 Å². The molecule has 10 nitrogen and oxygen atoms in total. The second-order valence-corrected chi connectivity index (χ2v) is 8.86. The van der Waals surface area contributed by atoms with Gasteiger partial charge in [0.25, 0.3) is 16.8 Å². The molecule has 0 aromatic heterocycles. The molecule has 0 radical (unpaired) electrons. The normalized spacial score (nSPS) is 15.2. The third-order valence-corrected chi connectivity index (χ3v) is 6.14. The van der Waals surface area contributed by atoms with Gasteiger partial charge in [0.2, 0.25) is 0 Å². The van der Waals surface area contributed by atoms with Crippen LogP contribution < -0.4 is 9.47 Å². The van der Waals surface area contributed by atoms with Gasteiger partial charge >= 0.3 is 5.97 Å². The number of benzene rings is 2. The van der Waals surface area contributed by atoms with Gasteiger partial charge < -0.3 is 14.2 Å². The maximum atomic E-state index is 12.8. The maximum Gasteiger partial charge on any atom is 0.329 e. The van der Waals surface area contributed by atoms with Crippen LogP contribution in [-0.2, 0) is 20.9 Å². The number of hydrogen-bond donors (Lipinski definition) is 0. The van der Waals surface area contributed by atoms with Crippen molar-refractivity contribution in [2.24, 2.45) is 0 Å². The minimum Gasteiger partial charge on any atom is -0.490 e. The number of esters is 1. The third-order valence-electron chi connectivity index (χ3n) is 4.97. The van der Waals surface area contributed by atoms with Gasteiger partial charge in [-0.3, -0.25) is 24.6 Å².